The summed E-state index contributed by atoms with van der Waals surface area (Å²) in [5.41, 5.74) is 8.26. The van der Waals surface area contributed by atoms with Crippen molar-refractivity contribution >= 4 is 28.1 Å². The van der Waals surface area contributed by atoms with E-state index in [1.54, 1.807) is 11.3 Å². The molecule has 5 heteroatoms. The van der Waals surface area contributed by atoms with Crippen LogP contribution < -0.4 is 10.6 Å². The van der Waals surface area contributed by atoms with Gasteiger partial charge < -0.3 is 10.6 Å². The van der Waals surface area contributed by atoms with Gasteiger partial charge in [-0.15, -0.1) is 11.3 Å². The molecule has 1 aliphatic carbocycles. The zero-order chi connectivity index (χ0) is 14.1. The lowest BCUT2D eigenvalue weighted by molar-refractivity contribution is 0.897. The van der Waals surface area contributed by atoms with Crippen LogP contribution in [0.1, 0.15) is 34.9 Å². The summed E-state index contributed by atoms with van der Waals surface area (Å²) < 4.78 is 0. The molecule has 3 rings (SSSR count). The molecule has 0 bridgehead atoms. The minimum Gasteiger partial charge on any atom is -0.347 e. The number of nitrogens with two attached hydrogens (primary N) is 1. The molecule has 20 heavy (non-hydrogen) atoms. The van der Waals surface area contributed by atoms with E-state index < -0.39 is 0 Å². The molecular weight excluding hydrogens is 290 g/mol. The zero-order valence-corrected chi connectivity index (χ0v) is 13.0. The lowest BCUT2D eigenvalue weighted by Crippen LogP contribution is -2.16. The summed E-state index contributed by atoms with van der Waals surface area (Å²) >= 11 is 7.74. The van der Waals surface area contributed by atoms with Crippen molar-refractivity contribution in [3.8, 4) is 0 Å². The molecule has 0 unspecified atom stereocenters. The minimum atomic E-state index is 0.592. The Morgan fingerprint density at radius 1 is 1.45 bits per heavy atom. The summed E-state index contributed by atoms with van der Waals surface area (Å²) in [7, 11) is 2.07. The summed E-state index contributed by atoms with van der Waals surface area (Å²) in [6.45, 7) is 1.40. The van der Waals surface area contributed by atoms with Crippen molar-refractivity contribution in [2.45, 2.75) is 31.8 Å². The van der Waals surface area contributed by atoms with Crippen LogP contribution in [0.4, 0.5) is 5.13 Å². The van der Waals surface area contributed by atoms with E-state index in [1.807, 2.05) is 18.2 Å². The number of rotatable bonds is 5. The van der Waals surface area contributed by atoms with Crippen molar-refractivity contribution in [2.24, 2.45) is 5.73 Å². The van der Waals surface area contributed by atoms with Gasteiger partial charge in [-0.05, 0) is 30.5 Å². The molecule has 1 aromatic heterocycles. The Hall–Kier alpha value is -1.10. The third-order valence-electron chi connectivity index (χ3n) is 3.50. The van der Waals surface area contributed by atoms with Gasteiger partial charge in [0.05, 0.1) is 5.69 Å². The number of anilines is 1. The number of halogens is 1. The predicted octanol–water partition coefficient (Wildman–Crippen LogP) is 3.77. The quantitative estimate of drug-likeness (QED) is 0.914. The first-order chi connectivity index (χ1) is 9.67. The van der Waals surface area contributed by atoms with Crippen molar-refractivity contribution in [3.63, 3.8) is 0 Å². The van der Waals surface area contributed by atoms with Crippen LogP contribution in [0.5, 0.6) is 0 Å². The topological polar surface area (TPSA) is 42.2 Å². The Morgan fingerprint density at radius 2 is 2.25 bits per heavy atom. The highest BCUT2D eigenvalue weighted by Crippen LogP contribution is 2.44. The normalized spacial score (nSPS) is 14.6. The SMILES string of the molecule is CN(Cc1cccc(Cl)c1)c1nc(C2CC2)c(CN)s1. The fourth-order valence-electron chi connectivity index (χ4n) is 2.31. The van der Waals surface area contributed by atoms with E-state index in [2.05, 4.69) is 18.0 Å². The highest BCUT2D eigenvalue weighted by molar-refractivity contribution is 7.15. The van der Waals surface area contributed by atoms with E-state index in [0.717, 1.165) is 16.7 Å². The third kappa shape index (κ3) is 2.97. The van der Waals surface area contributed by atoms with E-state index in [4.69, 9.17) is 22.3 Å². The first-order valence-electron chi connectivity index (χ1n) is 6.82. The first-order valence-corrected chi connectivity index (χ1v) is 8.02. The Balaban J connectivity index is 1.78. The van der Waals surface area contributed by atoms with Gasteiger partial charge in [0.2, 0.25) is 0 Å². The monoisotopic (exact) mass is 307 g/mol. The number of aromatic nitrogens is 1. The largest absolute Gasteiger partial charge is 0.347 e. The molecule has 2 N–H and O–H groups in total. The van der Waals surface area contributed by atoms with Gasteiger partial charge in [0.25, 0.3) is 0 Å². The summed E-state index contributed by atoms with van der Waals surface area (Å²) in [4.78, 5) is 8.20. The molecule has 1 fully saturated rings. The summed E-state index contributed by atoms with van der Waals surface area (Å²) in [6, 6.07) is 7.96. The van der Waals surface area contributed by atoms with Crippen molar-refractivity contribution in [3.05, 3.63) is 45.4 Å². The molecule has 0 aliphatic heterocycles. The Morgan fingerprint density at radius 3 is 2.90 bits per heavy atom. The molecule has 0 atom stereocenters. The molecule has 0 saturated heterocycles. The van der Waals surface area contributed by atoms with Crippen molar-refractivity contribution < 1.29 is 0 Å². The lowest BCUT2D eigenvalue weighted by Gasteiger charge is -2.15. The molecular formula is C15H18ClN3S. The van der Waals surface area contributed by atoms with Crippen molar-refractivity contribution in [2.75, 3.05) is 11.9 Å². The van der Waals surface area contributed by atoms with Gasteiger partial charge in [-0.25, -0.2) is 4.98 Å². The van der Waals surface area contributed by atoms with Crippen LogP contribution in [0, 0.1) is 0 Å². The van der Waals surface area contributed by atoms with E-state index in [1.165, 1.54) is 29.0 Å². The summed E-state index contributed by atoms with van der Waals surface area (Å²) in [5.74, 6) is 0.651. The van der Waals surface area contributed by atoms with Crippen LogP contribution >= 0.6 is 22.9 Å². The Kier molecular flexibility index (Phi) is 3.96. The maximum absolute atomic E-state index is 6.03. The van der Waals surface area contributed by atoms with E-state index in [9.17, 15) is 0 Å². The van der Waals surface area contributed by atoms with Crippen LogP contribution in [0.15, 0.2) is 24.3 Å². The number of hydrogen-bond donors (Lipinski definition) is 1. The second kappa shape index (κ2) is 5.72. The summed E-state index contributed by atoms with van der Waals surface area (Å²) in [5, 5.41) is 1.82. The van der Waals surface area contributed by atoms with Gasteiger partial charge in [0.15, 0.2) is 5.13 Å². The highest BCUT2D eigenvalue weighted by Gasteiger charge is 2.29. The smallest absolute Gasteiger partial charge is 0.185 e. The van der Waals surface area contributed by atoms with Gasteiger partial charge >= 0.3 is 0 Å². The van der Waals surface area contributed by atoms with Gasteiger partial charge in [0.1, 0.15) is 0 Å². The highest BCUT2D eigenvalue weighted by atomic mass is 35.5. The van der Waals surface area contributed by atoms with Crippen LogP contribution in [-0.2, 0) is 13.1 Å². The molecule has 0 spiro atoms. The second-order valence-corrected chi connectivity index (χ2v) is 6.77. The fourth-order valence-corrected chi connectivity index (χ4v) is 3.51. The van der Waals surface area contributed by atoms with Crippen LogP contribution in [0.25, 0.3) is 0 Å². The maximum atomic E-state index is 6.03. The van der Waals surface area contributed by atoms with E-state index in [-0.39, 0.29) is 0 Å². The van der Waals surface area contributed by atoms with E-state index >= 15 is 0 Å². The molecule has 0 amide bonds. The van der Waals surface area contributed by atoms with Gasteiger partial charge in [-0.3, -0.25) is 0 Å². The summed E-state index contributed by atoms with van der Waals surface area (Å²) in [6.07, 6.45) is 2.52. The lowest BCUT2D eigenvalue weighted by atomic mass is 10.2. The van der Waals surface area contributed by atoms with Crippen LogP contribution in [0.3, 0.4) is 0 Å². The Labute approximate surface area is 128 Å². The first kappa shape index (κ1) is 13.9. The molecule has 106 valence electrons. The minimum absolute atomic E-state index is 0.592. The average molecular weight is 308 g/mol. The second-order valence-electron chi connectivity index (χ2n) is 5.27. The molecule has 1 aromatic carbocycles. The van der Waals surface area contributed by atoms with Gasteiger partial charge in [-0.1, -0.05) is 23.7 Å². The van der Waals surface area contributed by atoms with Crippen LogP contribution in [-0.4, -0.2) is 12.0 Å². The third-order valence-corrected chi connectivity index (χ3v) is 4.94. The van der Waals surface area contributed by atoms with Crippen molar-refractivity contribution in [1.82, 2.24) is 4.98 Å². The molecule has 3 nitrogen and oxygen atoms in total. The molecule has 2 aromatic rings. The van der Waals surface area contributed by atoms with E-state index in [0.29, 0.717) is 12.5 Å². The molecule has 1 heterocycles. The molecule has 1 saturated carbocycles. The number of nitrogens with zero attached hydrogens (tertiary/aromatic N) is 2. The number of hydrogen-bond acceptors (Lipinski definition) is 4. The number of thiazole rings is 1. The Bertz CT molecular complexity index is 607. The van der Waals surface area contributed by atoms with Gasteiger partial charge in [0, 0.05) is 36.0 Å². The fraction of sp³-hybridized carbons (Fsp3) is 0.400. The van der Waals surface area contributed by atoms with Gasteiger partial charge in [-0.2, -0.15) is 0 Å². The number of benzene rings is 1. The standard InChI is InChI=1S/C15H18ClN3S/c1-19(9-10-3-2-4-12(16)7-10)15-18-14(11-5-6-11)13(8-17)20-15/h2-4,7,11H,5-6,8-9,17H2,1H3. The predicted molar refractivity (Wildman–Crippen MR) is 85.5 cm³/mol. The maximum Gasteiger partial charge on any atom is 0.185 e. The zero-order valence-electron chi connectivity index (χ0n) is 11.5. The molecule has 1 aliphatic rings. The average Bonchev–Trinajstić information content (AvgIpc) is 3.17. The molecule has 0 radical (unpaired) electrons. The van der Waals surface area contributed by atoms with Crippen molar-refractivity contribution in [1.29, 1.82) is 0 Å². The van der Waals surface area contributed by atoms with Crippen LogP contribution in [0.2, 0.25) is 5.02 Å².